The highest BCUT2D eigenvalue weighted by Crippen LogP contribution is 2.14. The topological polar surface area (TPSA) is 57.8 Å². The molecule has 0 atom stereocenters. The number of benzene rings is 1. The Morgan fingerprint density at radius 3 is 3.00 bits per heavy atom. The lowest BCUT2D eigenvalue weighted by atomic mass is 10.2. The van der Waals surface area contributed by atoms with Crippen LogP contribution in [-0.4, -0.2) is 16.1 Å². The first-order chi connectivity index (χ1) is 8.16. The van der Waals surface area contributed by atoms with Crippen molar-refractivity contribution in [3.63, 3.8) is 0 Å². The Hall–Kier alpha value is -1.88. The van der Waals surface area contributed by atoms with E-state index in [4.69, 9.17) is 11.6 Å². The summed E-state index contributed by atoms with van der Waals surface area (Å²) in [4.78, 5) is 11.6. The minimum absolute atomic E-state index is 0.0297. The van der Waals surface area contributed by atoms with Crippen molar-refractivity contribution in [2.45, 2.75) is 6.54 Å². The largest absolute Gasteiger partial charge is 0.348 e. The average Bonchev–Trinajstić information content (AvgIpc) is 2.78. The predicted octanol–water partition coefficient (Wildman–Crippen LogP) is 2.13. The van der Waals surface area contributed by atoms with E-state index in [9.17, 15) is 9.18 Å². The fourth-order valence-electron chi connectivity index (χ4n) is 1.33. The van der Waals surface area contributed by atoms with Crippen LogP contribution < -0.4 is 5.32 Å². The van der Waals surface area contributed by atoms with E-state index in [1.807, 2.05) is 0 Å². The first-order valence-electron chi connectivity index (χ1n) is 4.88. The Bertz CT molecular complexity index is 528. The second-order valence-corrected chi connectivity index (χ2v) is 3.85. The summed E-state index contributed by atoms with van der Waals surface area (Å²) in [5, 5.41) is 9.19. The van der Waals surface area contributed by atoms with E-state index in [1.54, 1.807) is 12.4 Å². The van der Waals surface area contributed by atoms with Crippen molar-refractivity contribution in [2.24, 2.45) is 0 Å². The number of nitrogens with one attached hydrogen (secondary N) is 2. The Morgan fingerprint density at radius 1 is 1.53 bits per heavy atom. The van der Waals surface area contributed by atoms with E-state index in [1.165, 1.54) is 12.1 Å². The zero-order chi connectivity index (χ0) is 12.3. The molecule has 0 saturated heterocycles. The Kier molecular flexibility index (Phi) is 3.39. The van der Waals surface area contributed by atoms with E-state index < -0.39 is 11.7 Å². The van der Waals surface area contributed by atoms with Gasteiger partial charge in [0.15, 0.2) is 0 Å². The van der Waals surface area contributed by atoms with Crippen molar-refractivity contribution in [3.05, 3.63) is 52.6 Å². The van der Waals surface area contributed by atoms with Crippen molar-refractivity contribution in [3.8, 4) is 0 Å². The van der Waals surface area contributed by atoms with Crippen LogP contribution in [0.25, 0.3) is 0 Å². The van der Waals surface area contributed by atoms with Gasteiger partial charge in [0.05, 0.1) is 11.8 Å². The third-order valence-electron chi connectivity index (χ3n) is 2.18. The molecule has 0 spiro atoms. The van der Waals surface area contributed by atoms with E-state index in [0.717, 1.165) is 11.6 Å². The molecule has 0 radical (unpaired) electrons. The molecule has 1 aromatic heterocycles. The van der Waals surface area contributed by atoms with Crippen molar-refractivity contribution < 1.29 is 9.18 Å². The molecule has 0 saturated carbocycles. The van der Waals surface area contributed by atoms with Crippen LogP contribution in [-0.2, 0) is 6.54 Å². The van der Waals surface area contributed by atoms with E-state index in [-0.39, 0.29) is 17.1 Å². The molecule has 88 valence electrons. The number of H-pyrrole nitrogens is 1. The van der Waals surface area contributed by atoms with Crippen molar-refractivity contribution in [1.29, 1.82) is 0 Å². The van der Waals surface area contributed by atoms with Gasteiger partial charge in [0.2, 0.25) is 0 Å². The quantitative estimate of drug-likeness (QED) is 0.880. The Balaban J connectivity index is 2.04. The molecule has 17 heavy (non-hydrogen) atoms. The fraction of sp³-hybridized carbons (Fsp3) is 0.0909. The molecule has 0 bridgehead atoms. The van der Waals surface area contributed by atoms with Crippen LogP contribution in [0.5, 0.6) is 0 Å². The van der Waals surface area contributed by atoms with Crippen LogP contribution in [0.2, 0.25) is 5.02 Å². The molecule has 0 aliphatic rings. The summed E-state index contributed by atoms with van der Waals surface area (Å²) in [7, 11) is 0. The van der Waals surface area contributed by atoms with E-state index >= 15 is 0 Å². The van der Waals surface area contributed by atoms with Crippen LogP contribution in [0.4, 0.5) is 4.39 Å². The molecule has 1 amide bonds. The molecule has 2 aromatic rings. The number of nitrogens with zero attached hydrogens (tertiary/aromatic N) is 1. The number of aromatic nitrogens is 2. The molecular weight excluding hydrogens is 245 g/mol. The highest BCUT2D eigenvalue weighted by atomic mass is 35.5. The Morgan fingerprint density at radius 2 is 2.35 bits per heavy atom. The van der Waals surface area contributed by atoms with Gasteiger partial charge in [-0.25, -0.2) is 4.39 Å². The summed E-state index contributed by atoms with van der Waals surface area (Å²) in [6.45, 7) is 0.289. The van der Waals surface area contributed by atoms with Gasteiger partial charge in [-0.3, -0.25) is 9.89 Å². The molecule has 0 aliphatic carbocycles. The summed E-state index contributed by atoms with van der Waals surface area (Å²) in [5.74, 6) is -1.12. The third kappa shape index (κ3) is 2.82. The van der Waals surface area contributed by atoms with E-state index in [0.29, 0.717) is 0 Å². The molecule has 0 aliphatic heterocycles. The number of aromatic amines is 1. The summed E-state index contributed by atoms with van der Waals surface area (Å²) in [6, 6.07) is 3.92. The maximum atomic E-state index is 13.4. The highest BCUT2D eigenvalue weighted by Gasteiger charge is 2.11. The van der Waals surface area contributed by atoms with Crippen LogP contribution in [0.15, 0.2) is 30.6 Å². The van der Waals surface area contributed by atoms with Crippen molar-refractivity contribution in [2.75, 3.05) is 0 Å². The standard InChI is InChI=1S/C11H9ClFN3O/c12-8-1-2-9(10(13)3-8)11(17)14-4-7-5-15-16-6-7/h1-3,5-6H,4H2,(H,14,17)(H,15,16). The maximum absolute atomic E-state index is 13.4. The van der Waals surface area contributed by atoms with Crippen LogP contribution >= 0.6 is 11.6 Å². The van der Waals surface area contributed by atoms with Crippen LogP contribution in [0.3, 0.4) is 0 Å². The van der Waals surface area contributed by atoms with Crippen molar-refractivity contribution in [1.82, 2.24) is 15.5 Å². The summed E-state index contributed by atoms with van der Waals surface area (Å²) in [6.07, 6.45) is 3.23. The van der Waals surface area contributed by atoms with Crippen LogP contribution in [0.1, 0.15) is 15.9 Å². The number of carbonyl (C=O) groups is 1. The second kappa shape index (κ2) is 4.97. The second-order valence-electron chi connectivity index (χ2n) is 3.41. The zero-order valence-electron chi connectivity index (χ0n) is 8.71. The molecule has 2 rings (SSSR count). The highest BCUT2D eigenvalue weighted by molar-refractivity contribution is 6.30. The van der Waals surface area contributed by atoms with Gasteiger partial charge >= 0.3 is 0 Å². The number of hydrogen-bond donors (Lipinski definition) is 2. The zero-order valence-corrected chi connectivity index (χ0v) is 9.46. The lowest BCUT2D eigenvalue weighted by molar-refractivity contribution is 0.0947. The maximum Gasteiger partial charge on any atom is 0.254 e. The molecule has 4 nitrogen and oxygen atoms in total. The normalized spacial score (nSPS) is 10.2. The third-order valence-corrected chi connectivity index (χ3v) is 2.42. The molecule has 2 N–H and O–H groups in total. The molecule has 0 unspecified atom stereocenters. The smallest absolute Gasteiger partial charge is 0.254 e. The van der Waals surface area contributed by atoms with E-state index in [2.05, 4.69) is 15.5 Å². The number of amides is 1. The lowest BCUT2D eigenvalue weighted by Crippen LogP contribution is -2.23. The van der Waals surface area contributed by atoms with Crippen molar-refractivity contribution >= 4 is 17.5 Å². The number of carbonyl (C=O) groups excluding carboxylic acids is 1. The average molecular weight is 254 g/mol. The SMILES string of the molecule is O=C(NCc1cn[nH]c1)c1ccc(Cl)cc1F. The van der Waals surface area contributed by atoms with Gasteiger partial charge in [-0.05, 0) is 18.2 Å². The van der Waals surface area contributed by atoms with Gasteiger partial charge in [0.25, 0.3) is 5.91 Å². The first kappa shape index (κ1) is 11.6. The van der Waals surface area contributed by atoms with Gasteiger partial charge in [0, 0.05) is 23.3 Å². The summed E-state index contributed by atoms with van der Waals surface area (Å²) < 4.78 is 13.4. The minimum atomic E-state index is -0.637. The molecule has 0 fully saturated rings. The Labute approximate surface area is 102 Å². The fourth-order valence-corrected chi connectivity index (χ4v) is 1.48. The minimum Gasteiger partial charge on any atom is -0.348 e. The van der Waals surface area contributed by atoms with Gasteiger partial charge in [-0.2, -0.15) is 5.10 Å². The van der Waals surface area contributed by atoms with Gasteiger partial charge < -0.3 is 5.32 Å². The molecular formula is C11H9ClFN3O. The summed E-state index contributed by atoms with van der Waals surface area (Å²) in [5.41, 5.74) is 0.783. The predicted molar refractivity (Wildman–Crippen MR) is 61.2 cm³/mol. The number of rotatable bonds is 3. The first-order valence-corrected chi connectivity index (χ1v) is 5.25. The van der Waals surface area contributed by atoms with Gasteiger partial charge in [0.1, 0.15) is 5.82 Å². The van der Waals surface area contributed by atoms with Gasteiger partial charge in [-0.1, -0.05) is 11.6 Å². The monoisotopic (exact) mass is 253 g/mol. The number of halogens is 2. The number of hydrogen-bond acceptors (Lipinski definition) is 2. The molecule has 6 heteroatoms. The summed E-state index contributed by atoms with van der Waals surface area (Å²) >= 11 is 5.60. The molecule has 1 heterocycles. The lowest BCUT2D eigenvalue weighted by Gasteiger charge is -2.04. The molecule has 1 aromatic carbocycles. The van der Waals surface area contributed by atoms with Crippen LogP contribution in [0, 0.1) is 5.82 Å². The van der Waals surface area contributed by atoms with Gasteiger partial charge in [-0.15, -0.1) is 0 Å².